The van der Waals surface area contributed by atoms with Crippen LogP contribution < -0.4 is 0 Å². The van der Waals surface area contributed by atoms with Gasteiger partial charge in [0.2, 0.25) is 0 Å². The van der Waals surface area contributed by atoms with Gasteiger partial charge in [0.05, 0.1) is 11.4 Å². The fraction of sp³-hybridized carbons (Fsp3) is 0.385. The number of aryl methyl sites for hydroxylation is 4. The number of hydrogen-bond donors (Lipinski definition) is 0. The van der Waals surface area contributed by atoms with Gasteiger partial charge >= 0.3 is 0 Å². The molecule has 0 spiro atoms. The number of nitrogens with zero attached hydrogens (tertiary/aromatic N) is 4. The van der Waals surface area contributed by atoms with Gasteiger partial charge in [0.15, 0.2) is 10.3 Å². The zero-order valence-corrected chi connectivity index (χ0v) is 13.1. The normalized spacial score (nSPS) is 10.8. The Labute approximate surface area is 122 Å². The van der Waals surface area contributed by atoms with E-state index in [-0.39, 0.29) is 0 Å². The first-order valence-corrected chi connectivity index (χ1v) is 7.08. The minimum Gasteiger partial charge on any atom is -0.241 e. The lowest BCUT2D eigenvalue weighted by Gasteiger charge is -2.08. The maximum atomic E-state index is 6.11. The summed E-state index contributed by atoms with van der Waals surface area (Å²) in [5.74, 6) is 0. The first kappa shape index (κ1) is 14.2. The predicted molar refractivity (Wildman–Crippen MR) is 76.9 cm³/mol. The molecule has 2 rings (SSSR count). The molecule has 0 fully saturated rings. The Morgan fingerprint density at radius 1 is 0.737 bits per heavy atom. The molecule has 2 aromatic rings. The lowest BCUT2D eigenvalue weighted by Crippen LogP contribution is -2.00. The Bertz CT molecular complexity index is 620. The summed E-state index contributed by atoms with van der Waals surface area (Å²) < 4.78 is 0. The molecular weight excluding hydrogens is 280 g/mol. The molecular formula is C13H15ClN4S. The van der Waals surface area contributed by atoms with Crippen LogP contribution in [-0.4, -0.2) is 19.9 Å². The van der Waals surface area contributed by atoms with Crippen LogP contribution in [0.4, 0.5) is 0 Å². The van der Waals surface area contributed by atoms with Gasteiger partial charge in [0.25, 0.3) is 0 Å². The molecule has 0 N–H and O–H groups in total. The molecule has 0 atom stereocenters. The van der Waals surface area contributed by atoms with Crippen LogP contribution in [0.15, 0.2) is 10.2 Å². The second kappa shape index (κ2) is 5.43. The Hall–Kier alpha value is -1.20. The molecule has 2 aromatic heterocycles. The summed E-state index contributed by atoms with van der Waals surface area (Å²) in [5.41, 5.74) is 4.77. The Balaban J connectivity index is 2.39. The van der Waals surface area contributed by atoms with Crippen molar-refractivity contribution in [2.45, 2.75) is 44.8 Å². The third-order valence-corrected chi connectivity index (χ3v) is 4.25. The second-order valence-electron chi connectivity index (χ2n) is 4.39. The maximum absolute atomic E-state index is 6.11. The maximum Gasteiger partial charge on any atom is 0.194 e. The summed E-state index contributed by atoms with van der Waals surface area (Å²) in [6.07, 6.45) is 0. The molecule has 0 bridgehead atoms. The first-order chi connectivity index (χ1) is 8.88. The molecule has 0 saturated carbocycles. The van der Waals surface area contributed by atoms with Gasteiger partial charge in [-0.1, -0.05) is 11.6 Å². The zero-order chi connectivity index (χ0) is 14.2. The summed E-state index contributed by atoms with van der Waals surface area (Å²) in [4.78, 5) is 17.6. The molecule has 0 radical (unpaired) electrons. The van der Waals surface area contributed by atoms with E-state index in [1.54, 1.807) is 0 Å². The number of rotatable bonds is 2. The SMILES string of the molecule is Cc1nc(Cl)c(Sc2nc(C)c(C)c(C)n2)nc1C. The van der Waals surface area contributed by atoms with Crippen molar-refractivity contribution < 1.29 is 0 Å². The standard InChI is InChI=1S/C13H15ClN4S/c1-6-7(2)17-13(18-8(6)3)19-12-11(14)15-9(4)10(5)16-12/h1-5H3. The predicted octanol–water partition coefficient (Wildman–Crippen LogP) is 3.61. The van der Waals surface area contributed by atoms with Crippen molar-refractivity contribution in [2.75, 3.05) is 0 Å². The molecule has 100 valence electrons. The number of aromatic nitrogens is 4. The fourth-order valence-electron chi connectivity index (χ4n) is 1.49. The lowest BCUT2D eigenvalue weighted by molar-refractivity contribution is 0.873. The molecule has 0 unspecified atom stereocenters. The van der Waals surface area contributed by atoms with Gasteiger partial charge in [-0.2, -0.15) is 0 Å². The smallest absolute Gasteiger partial charge is 0.194 e. The molecule has 4 nitrogen and oxygen atoms in total. The topological polar surface area (TPSA) is 51.6 Å². The van der Waals surface area contributed by atoms with Crippen molar-refractivity contribution in [3.05, 3.63) is 33.5 Å². The van der Waals surface area contributed by atoms with Crippen LogP contribution in [0.1, 0.15) is 28.3 Å². The highest BCUT2D eigenvalue weighted by molar-refractivity contribution is 7.99. The van der Waals surface area contributed by atoms with Crippen molar-refractivity contribution >= 4 is 23.4 Å². The van der Waals surface area contributed by atoms with E-state index in [2.05, 4.69) is 19.9 Å². The van der Waals surface area contributed by atoms with Crippen molar-refractivity contribution in [1.29, 1.82) is 0 Å². The van der Waals surface area contributed by atoms with Gasteiger partial charge in [0.1, 0.15) is 5.03 Å². The quantitative estimate of drug-likeness (QED) is 0.792. The van der Waals surface area contributed by atoms with E-state index in [4.69, 9.17) is 11.6 Å². The van der Waals surface area contributed by atoms with Crippen molar-refractivity contribution in [3.63, 3.8) is 0 Å². The molecule has 6 heteroatoms. The lowest BCUT2D eigenvalue weighted by atomic mass is 10.2. The van der Waals surface area contributed by atoms with E-state index in [9.17, 15) is 0 Å². The minimum atomic E-state index is 0.396. The van der Waals surface area contributed by atoms with E-state index in [1.165, 1.54) is 11.8 Å². The van der Waals surface area contributed by atoms with Gasteiger partial charge in [-0.3, -0.25) is 0 Å². The average Bonchev–Trinajstić information content (AvgIpc) is 2.33. The van der Waals surface area contributed by atoms with Gasteiger partial charge in [-0.05, 0) is 51.9 Å². The van der Waals surface area contributed by atoms with Crippen LogP contribution in [0.3, 0.4) is 0 Å². The molecule has 0 aliphatic carbocycles. The number of hydrogen-bond acceptors (Lipinski definition) is 5. The molecule has 2 heterocycles. The van der Waals surface area contributed by atoms with E-state index >= 15 is 0 Å². The van der Waals surface area contributed by atoms with Gasteiger partial charge in [-0.25, -0.2) is 19.9 Å². The van der Waals surface area contributed by atoms with Crippen LogP contribution in [0.2, 0.25) is 5.15 Å². The van der Waals surface area contributed by atoms with E-state index < -0.39 is 0 Å². The largest absolute Gasteiger partial charge is 0.241 e. The molecule has 19 heavy (non-hydrogen) atoms. The number of halogens is 1. The Morgan fingerprint density at radius 2 is 1.26 bits per heavy atom. The van der Waals surface area contributed by atoms with Crippen LogP contribution in [-0.2, 0) is 0 Å². The summed E-state index contributed by atoms with van der Waals surface area (Å²) in [7, 11) is 0. The van der Waals surface area contributed by atoms with Crippen LogP contribution in [0.25, 0.3) is 0 Å². The summed E-state index contributed by atoms with van der Waals surface area (Å²) in [6.45, 7) is 9.76. The second-order valence-corrected chi connectivity index (χ2v) is 5.71. The minimum absolute atomic E-state index is 0.396. The zero-order valence-electron chi connectivity index (χ0n) is 11.6. The van der Waals surface area contributed by atoms with Crippen molar-refractivity contribution in [3.8, 4) is 0 Å². The Kier molecular flexibility index (Phi) is 4.06. The van der Waals surface area contributed by atoms with Crippen LogP contribution in [0.5, 0.6) is 0 Å². The monoisotopic (exact) mass is 294 g/mol. The molecule has 0 amide bonds. The molecule has 0 aliphatic heterocycles. The van der Waals surface area contributed by atoms with E-state index in [0.29, 0.717) is 15.3 Å². The highest BCUT2D eigenvalue weighted by atomic mass is 35.5. The third kappa shape index (κ3) is 3.04. The molecule has 0 saturated heterocycles. The van der Waals surface area contributed by atoms with E-state index in [0.717, 1.165) is 28.3 Å². The highest BCUT2D eigenvalue weighted by Crippen LogP contribution is 2.29. The summed E-state index contributed by atoms with van der Waals surface area (Å²) in [6, 6.07) is 0. The van der Waals surface area contributed by atoms with Crippen molar-refractivity contribution in [1.82, 2.24) is 19.9 Å². The van der Waals surface area contributed by atoms with Gasteiger partial charge in [-0.15, -0.1) is 0 Å². The van der Waals surface area contributed by atoms with Crippen LogP contribution in [0, 0.1) is 34.6 Å². The highest BCUT2D eigenvalue weighted by Gasteiger charge is 2.12. The fourth-order valence-corrected chi connectivity index (χ4v) is 2.63. The van der Waals surface area contributed by atoms with Crippen LogP contribution >= 0.6 is 23.4 Å². The molecule has 0 aromatic carbocycles. The average molecular weight is 295 g/mol. The third-order valence-electron chi connectivity index (χ3n) is 3.04. The van der Waals surface area contributed by atoms with Crippen molar-refractivity contribution in [2.24, 2.45) is 0 Å². The van der Waals surface area contributed by atoms with E-state index in [1.807, 2.05) is 34.6 Å². The molecule has 0 aliphatic rings. The summed E-state index contributed by atoms with van der Waals surface area (Å²) in [5, 5.41) is 1.69. The first-order valence-electron chi connectivity index (χ1n) is 5.89. The van der Waals surface area contributed by atoms with Gasteiger partial charge in [0, 0.05) is 11.4 Å². The van der Waals surface area contributed by atoms with Gasteiger partial charge < -0.3 is 0 Å². The summed E-state index contributed by atoms with van der Waals surface area (Å²) >= 11 is 7.46. The Morgan fingerprint density at radius 3 is 1.84 bits per heavy atom.